The van der Waals surface area contributed by atoms with Crippen molar-refractivity contribution in [1.82, 2.24) is 14.3 Å². The molecular weight excluding hydrogens is 551 g/mol. The van der Waals surface area contributed by atoms with Crippen molar-refractivity contribution in [2.75, 3.05) is 30.3 Å². The van der Waals surface area contributed by atoms with Gasteiger partial charge in [-0.15, -0.1) is 0 Å². The molecule has 12 heteroatoms. The Morgan fingerprint density at radius 2 is 1.95 bits per heavy atom. The minimum Gasteiger partial charge on any atom is -0.462 e. The maximum Gasteiger partial charge on any atom is 0.343 e. The van der Waals surface area contributed by atoms with E-state index in [0.717, 1.165) is 12.5 Å². The van der Waals surface area contributed by atoms with Crippen molar-refractivity contribution in [3.8, 4) is 0 Å². The molecule has 224 valence electrons. The van der Waals surface area contributed by atoms with Gasteiger partial charge in [0.05, 0.1) is 17.7 Å². The van der Waals surface area contributed by atoms with E-state index in [-0.39, 0.29) is 58.4 Å². The number of nitrogens with one attached hydrogen (secondary N) is 1. The minimum absolute atomic E-state index is 0.00446. The Labute approximate surface area is 239 Å². The molecule has 10 nitrogen and oxygen atoms in total. The van der Waals surface area contributed by atoms with Gasteiger partial charge in [-0.05, 0) is 64.4 Å². The number of sulfonamides is 1. The van der Waals surface area contributed by atoms with Crippen LogP contribution in [0.3, 0.4) is 0 Å². The molecule has 1 aliphatic heterocycles. The summed E-state index contributed by atoms with van der Waals surface area (Å²) in [6.45, 7) is 11.9. The number of aromatic nitrogens is 2. The Bertz CT molecular complexity index is 1590. The maximum atomic E-state index is 15.5. The number of nitrogens with zero attached hydrogens (tertiary/aromatic N) is 3. The van der Waals surface area contributed by atoms with E-state index < -0.39 is 44.2 Å². The van der Waals surface area contributed by atoms with Crippen molar-refractivity contribution in [3.05, 3.63) is 33.9 Å². The summed E-state index contributed by atoms with van der Waals surface area (Å²) < 4.78 is 51.6. The standard InChI is InChI=1S/C29H39FN4O6S/c1-7-40-26(37)20-15-34(27(2,3)4)24-19(23(20)36)13-21(30)25(31-24)33-11-9-18(14-33)32-41(38,39)16-29-10-8-17(12-22(29)35)28(29,5)6/h13,15,17-18,32H,7-12,14,16H2,1-6H3/t17-,18+,29-/m0/s1. The van der Waals surface area contributed by atoms with Crippen LogP contribution in [0.15, 0.2) is 17.1 Å². The van der Waals surface area contributed by atoms with Crippen LogP contribution in [-0.4, -0.2) is 61.2 Å². The van der Waals surface area contributed by atoms with E-state index >= 15 is 4.39 Å². The van der Waals surface area contributed by atoms with E-state index in [4.69, 9.17) is 4.74 Å². The van der Waals surface area contributed by atoms with Crippen LogP contribution in [0.25, 0.3) is 11.0 Å². The zero-order chi connectivity index (χ0) is 30.1. The van der Waals surface area contributed by atoms with Gasteiger partial charge in [-0.3, -0.25) is 9.59 Å². The predicted octanol–water partition coefficient (Wildman–Crippen LogP) is 3.36. The molecule has 3 atom stereocenters. The summed E-state index contributed by atoms with van der Waals surface area (Å²) in [6, 6.07) is 0.604. The van der Waals surface area contributed by atoms with Gasteiger partial charge < -0.3 is 14.2 Å². The lowest BCUT2D eigenvalue weighted by Gasteiger charge is -2.36. The number of ketones is 1. The van der Waals surface area contributed by atoms with Gasteiger partial charge in [-0.25, -0.2) is 27.3 Å². The largest absolute Gasteiger partial charge is 0.462 e. The number of esters is 1. The molecule has 3 fully saturated rings. The minimum atomic E-state index is -3.80. The van der Waals surface area contributed by atoms with Gasteiger partial charge in [-0.2, -0.15) is 0 Å². The quantitative estimate of drug-likeness (QED) is 0.487. The van der Waals surface area contributed by atoms with Crippen LogP contribution in [0.2, 0.25) is 0 Å². The van der Waals surface area contributed by atoms with Crippen molar-refractivity contribution in [2.24, 2.45) is 16.7 Å². The van der Waals surface area contributed by atoms with E-state index in [0.29, 0.717) is 25.8 Å². The summed E-state index contributed by atoms with van der Waals surface area (Å²) in [6.07, 6.45) is 3.71. The SMILES string of the molecule is CCOC(=O)c1cn(C(C)(C)C)c2nc(N3CC[C@@H](NS(=O)(=O)C[C@@]45CC[C@@H](CC4=O)C5(C)C)C3)c(F)cc2c1=O. The molecule has 0 unspecified atom stereocenters. The van der Waals surface area contributed by atoms with Crippen molar-refractivity contribution in [1.29, 1.82) is 0 Å². The first kappa shape index (κ1) is 29.6. The molecule has 1 saturated heterocycles. The Morgan fingerprint density at radius 1 is 1.24 bits per heavy atom. The average molecular weight is 591 g/mol. The van der Waals surface area contributed by atoms with E-state index in [1.165, 1.54) is 6.20 Å². The molecular formula is C29H39FN4O6S. The fourth-order valence-corrected chi connectivity index (χ4v) is 9.19. The molecule has 0 spiro atoms. The summed E-state index contributed by atoms with van der Waals surface area (Å²) in [4.78, 5) is 44.7. The number of Topliss-reactive ketones (excluding diaryl/α,β-unsaturated/α-hetero) is 1. The number of hydrogen-bond acceptors (Lipinski definition) is 8. The lowest BCUT2D eigenvalue weighted by Crippen LogP contribution is -2.48. The van der Waals surface area contributed by atoms with Gasteiger partial charge in [0.1, 0.15) is 17.0 Å². The Kier molecular flexibility index (Phi) is 7.12. The summed E-state index contributed by atoms with van der Waals surface area (Å²) >= 11 is 0. The van der Waals surface area contributed by atoms with Crippen LogP contribution < -0.4 is 15.1 Å². The lowest BCUT2D eigenvalue weighted by atomic mass is 9.70. The fourth-order valence-electron chi connectivity index (χ4n) is 7.08. The Hall–Kier alpha value is -2.86. The molecule has 2 aromatic heterocycles. The Morgan fingerprint density at radius 3 is 2.54 bits per heavy atom. The van der Waals surface area contributed by atoms with E-state index in [9.17, 15) is 22.8 Å². The molecule has 0 amide bonds. The molecule has 1 N–H and O–H groups in total. The number of pyridine rings is 2. The van der Waals surface area contributed by atoms with Crippen molar-refractivity contribution < 1.29 is 27.1 Å². The molecule has 3 heterocycles. The van der Waals surface area contributed by atoms with Gasteiger partial charge >= 0.3 is 5.97 Å². The normalized spacial score (nSPS) is 25.8. The van der Waals surface area contributed by atoms with Crippen LogP contribution in [-0.2, 0) is 25.1 Å². The van der Waals surface area contributed by atoms with Crippen LogP contribution in [0, 0.1) is 22.6 Å². The van der Waals surface area contributed by atoms with Crippen molar-refractivity contribution in [2.45, 2.75) is 78.8 Å². The number of carbonyl (C=O) groups excluding carboxylic acids is 2. The molecule has 2 aromatic rings. The van der Waals surface area contributed by atoms with Gasteiger partial charge in [0, 0.05) is 42.7 Å². The van der Waals surface area contributed by atoms with E-state index in [1.54, 1.807) is 16.4 Å². The number of hydrogen-bond donors (Lipinski definition) is 1. The van der Waals surface area contributed by atoms with Crippen LogP contribution in [0.1, 0.15) is 77.6 Å². The zero-order valence-corrected chi connectivity index (χ0v) is 25.4. The molecule has 2 bridgehead atoms. The number of ether oxygens (including phenoxy) is 1. The second-order valence-electron chi connectivity index (χ2n) is 13.3. The number of anilines is 1. The molecule has 0 radical (unpaired) electrons. The van der Waals surface area contributed by atoms with Crippen molar-refractivity contribution in [3.63, 3.8) is 0 Å². The maximum absolute atomic E-state index is 15.5. The van der Waals surface area contributed by atoms with E-state index in [1.807, 2.05) is 34.6 Å². The monoisotopic (exact) mass is 590 g/mol. The highest BCUT2D eigenvalue weighted by Crippen LogP contribution is 2.64. The first-order valence-electron chi connectivity index (χ1n) is 14.2. The van der Waals surface area contributed by atoms with Gasteiger partial charge in [-0.1, -0.05) is 13.8 Å². The smallest absolute Gasteiger partial charge is 0.343 e. The Balaban J connectivity index is 1.42. The topological polar surface area (TPSA) is 128 Å². The number of halogens is 1. The first-order chi connectivity index (χ1) is 19.0. The molecule has 2 saturated carbocycles. The molecule has 2 aliphatic carbocycles. The predicted molar refractivity (Wildman–Crippen MR) is 153 cm³/mol. The first-order valence-corrected chi connectivity index (χ1v) is 15.9. The highest BCUT2D eigenvalue weighted by molar-refractivity contribution is 7.89. The third kappa shape index (κ3) is 4.86. The zero-order valence-electron chi connectivity index (χ0n) is 24.5. The molecule has 3 aliphatic rings. The average Bonchev–Trinajstić information content (AvgIpc) is 3.45. The van der Waals surface area contributed by atoms with Gasteiger partial charge in [0.15, 0.2) is 11.6 Å². The third-order valence-corrected chi connectivity index (χ3v) is 11.1. The van der Waals surface area contributed by atoms with Crippen LogP contribution in [0.4, 0.5) is 10.2 Å². The highest BCUT2D eigenvalue weighted by atomic mass is 32.2. The second-order valence-corrected chi connectivity index (χ2v) is 15.0. The molecule has 5 rings (SSSR count). The number of fused-ring (bicyclic) bond motifs is 3. The van der Waals surface area contributed by atoms with Crippen molar-refractivity contribution >= 4 is 38.6 Å². The third-order valence-electron chi connectivity index (χ3n) is 9.54. The fraction of sp³-hybridized carbons (Fsp3) is 0.655. The molecule has 0 aromatic carbocycles. The van der Waals surface area contributed by atoms with Crippen LogP contribution in [0.5, 0.6) is 0 Å². The number of rotatable bonds is 7. The highest BCUT2D eigenvalue weighted by Gasteiger charge is 2.65. The van der Waals surface area contributed by atoms with Crippen LogP contribution >= 0.6 is 0 Å². The summed E-state index contributed by atoms with van der Waals surface area (Å²) in [5.74, 6) is -1.50. The summed E-state index contributed by atoms with van der Waals surface area (Å²) in [5, 5.41) is -0.0406. The van der Waals surface area contributed by atoms with Gasteiger partial charge in [0.25, 0.3) is 0 Å². The summed E-state index contributed by atoms with van der Waals surface area (Å²) in [7, 11) is -3.80. The number of carbonyl (C=O) groups is 2. The van der Waals surface area contributed by atoms with E-state index in [2.05, 4.69) is 9.71 Å². The summed E-state index contributed by atoms with van der Waals surface area (Å²) in [5.41, 5.74) is -2.49. The molecule has 41 heavy (non-hydrogen) atoms. The lowest BCUT2D eigenvalue weighted by molar-refractivity contribution is -0.128. The second kappa shape index (κ2) is 9.86. The van der Waals surface area contributed by atoms with Gasteiger partial charge in [0.2, 0.25) is 15.5 Å².